The number of aromatic nitrogens is 6. The number of aromatic amines is 2. The smallest absolute Gasteiger partial charge is 0.484 e. The molecule has 6 rings (SSSR count). The summed E-state index contributed by atoms with van der Waals surface area (Å²) in [4.78, 5) is 30.4. The van der Waals surface area contributed by atoms with Crippen molar-refractivity contribution in [1.29, 1.82) is 0 Å². The third-order valence-corrected chi connectivity index (χ3v) is 8.05. The van der Waals surface area contributed by atoms with Gasteiger partial charge in [0.15, 0.2) is 11.5 Å². The molecule has 0 saturated carbocycles. The molecule has 0 aliphatic rings. The van der Waals surface area contributed by atoms with Gasteiger partial charge in [0.25, 0.3) is 11.8 Å². The monoisotopic (exact) mass is 716 g/mol. The molecule has 0 radical (unpaired) electrons. The molecule has 0 aliphatic heterocycles. The molecule has 0 bridgehead atoms. The molecule has 4 aromatic heterocycles. The van der Waals surface area contributed by atoms with E-state index in [9.17, 15) is 22.8 Å². The number of aryl methyl sites for hydroxylation is 2. The zero-order valence-corrected chi connectivity index (χ0v) is 29.4. The van der Waals surface area contributed by atoms with Crippen molar-refractivity contribution in [3.05, 3.63) is 119 Å². The van der Waals surface area contributed by atoms with Gasteiger partial charge in [-0.05, 0) is 38.0 Å². The highest BCUT2D eigenvalue weighted by Gasteiger charge is 2.32. The van der Waals surface area contributed by atoms with Crippen LogP contribution in [-0.4, -0.2) is 55.4 Å². The van der Waals surface area contributed by atoms with Gasteiger partial charge in [-0.1, -0.05) is 60.7 Å². The minimum atomic E-state index is -4.62. The van der Waals surface area contributed by atoms with E-state index in [0.29, 0.717) is 17.1 Å². The van der Waals surface area contributed by atoms with E-state index >= 15 is 0 Å². The molecule has 2 amide bonds. The molecule has 2 aromatic carbocycles. The van der Waals surface area contributed by atoms with Crippen LogP contribution in [0.25, 0.3) is 22.6 Å². The molecule has 0 fully saturated rings. The number of nitrogens with zero attached hydrogens (tertiary/aromatic N) is 4. The molecule has 272 valence electrons. The Morgan fingerprint density at radius 1 is 0.788 bits per heavy atom. The number of rotatable bonds is 10. The Morgan fingerprint density at radius 3 is 1.69 bits per heavy atom. The topological polar surface area (TPSA) is 144 Å². The van der Waals surface area contributed by atoms with E-state index in [4.69, 9.17) is 9.47 Å². The zero-order chi connectivity index (χ0) is 37.6. The molecule has 4 N–H and O–H groups in total. The lowest BCUT2D eigenvalue weighted by molar-refractivity contribution is -0.212. The molecule has 2 atom stereocenters. The van der Waals surface area contributed by atoms with Crippen LogP contribution in [0.1, 0.15) is 63.9 Å². The molecule has 6 aromatic rings. The number of H-pyrrole nitrogens is 2. The lowest BCUT2D eigenvalue weighted by Crippen LogP contribution is -2.19. The van der Waals surface area contributed by atoms with Gasteiger partial charge in [-0.15, -0.1) is 13.2 Å². The standard InChI is InChI=1S/C19H22N4O2.C18H17F3N4O2/c1-12-10-16(23(4)22-12)15-11-17(18(21-15)19(24)20-3)25-13(2)14-8-6-5-7-9-14;1-11(12-6-4-3-5-7-12)27-15-8-14(24-16(15)17(26)22-2)13-9-23-25(10-13)18(19,20)21/h5-11,13,21H,1-4H3,(H,20,24);3-11,24H,1-2H3,(H,22,26)/t13-;11-/m00/s1. The molecular weight excluding hydrogens is 677 g/mol. The summed E-state index contributed by atoms with van der Waals surface area (Å²) in [5, 5.41) is 12.8. The van der Waals surface area contributed by atoms with Crippen molar-refractivity contribution in [2.45, 2.75) is 39.3 Å². The highest BCUT2D eigenvalue weighted by atomic mass is 19.4. The Kier molecular flexibility index (Phi) is 11.2. The van der Waals surface area contributed by atoms with Gasteiger partial charge in [0.05, 0.1) is 29.0 Å². The summed E-state index contributed by atoms with van der Waals surface area (Å²) in [5.41, 5.74) is 5.53. The molecule has 0 unspecified atom stereocenters. The first-order valence-corrected chi connectivity index (χ1v) is 16.3. The van der Waals surface area contributed by atoms with Crippen LogP contribution in [0, 0.1) is 6.92 Å². The summed E-state index contributed by atoms with van der Waals surface area (Å²) in [7, 11) is 4.92. The van der Waals surface area contributed by atoms with E-state index in [2.05, 4.69) is 30.8 Å². The molecule has 12 nitrogen and oxygen atoms in total. The van der Waals surface area contributed by atoms with Crippen LogP contribution in [0.5, 0.6) is 11.5 Å². The van der Waals surface area contributed by atoms with Crippen LogP contribution < -0.4 is 20.1 Å². The average Bonchev–Trinajstić information content (AvgIpc) is 3.94. The van der Waals surface area contributed by atoms with Gasteiger partial charge in [0, 0.05) is 45.0 Å². The van der Waals surface area contributed by atoms with Crippen LogP contribution in [0.4, 0.5) is 13.2 Å². The Labute approximate surface area is 298 Å². The van der Waals surface area contributed by atoms with Crippen LogP contribution in [0.3, 0.4) is 0 Å². The van der Waals surface area contributed by atoms with E-state index in [-0.39, 0.29) is 39.8 Å². The lowest BCUT2D eigenvalue weighted by atomic mass is 10.1. The largest absolute Gasteiger partial charge is 0.504 e. The summed E-state index contributed by atoms with van der Waals surface area (Å²) in [5.74, 6) is 0.0881. The Balaban J connectivity index is 0.000000202. The third kappa shape index (κ3) is 8.54. The minimum absolute atomic E-state index is 0.101. The van der Waals surface area contributed by atoms with E-state index in [1.54, 1.807) is 11.7 Å². The highest BCUT2D eigenvalue weighted by molar-refractivity contribution is 5.96. The number of halogens is 3. The molecule has 0 spiro atoms. The first-order valence-electron chi connectivity index (χ1n) is 16.3. The predicted octanol–water partition coefficient (Wildman–Crippen LogP) is 7.08. The van der Waals surface area contributed by atoms with Crippen LogP contribution in [-0.2, 0) is 13.3 Å². The summed E-state index contributed by atoms with van der Waals surface area (Å²) < 4.78 is 51.9. The Morgan fingerprint density at radius 2 is 1.27 bits per heavy atom. The van der Waals surface area contributed by atoms with E-state index in [1.165, 1.54) is 13.1 Å². The van der Waals surface area contributed by atoms with E-state index in [0.717, 1.165) is 40.6 Å². The number of hydrogen-bond donors (Lipinski definition) is 4. The van der Waals surface area contributed by atoms with Crippen molar-refractivity contribution in [3.63, 3.8) is 0 Å². The van der Waals surface area contributed by atoms with Crippen molar-refractivity contribution in [2.75, 3.05) is 14.1 Å². The van der Waals surface area contributed by atoms with Crippen molar-refractivity contribution in [2.24, 2.45) is 7.05 Å². The van der Waals surface area contributed by atoms with E-state index < -0.39 is 12.2 Å². The van der Waals surface area contributed by atoms with Gasteiger partial charge < -0.3 is 30.1 Å². The summed E-state index contributed by atoms with van der Waals surface area (Å²) in [6.45, 7) is 5.71. The van der Waals surface area contributed by atoms with Gasteiger partial charge in [-0.2, -0.15) is 14.9 Å². The minimum Gasteiger partial charge on any atom is -0.484 e. The molecule has 0 saturated heterocycles. The maximum Gasteiger partial charge on any atom is 0.504 e. The number of alkyl halides is 3. The van der Waals surface area contributed by atoms with Crippen molar-refractivity contribution in [1.82, 2.24) is 40.2 Å². The number of benzene rings is 2. The number of nitrogens with one attached hydrogen (secondary N) is 4. The SMILES string of the molecule is CNC(=O)c1[nH]c(-c2cc(C)nn2C)cc1O[C@@H](C)c1ccccc1.CNC(=O)c1[nH]c(-c2cnn(C(F)(F)F)c2)cc1O[C@@H](C)c1ccccc1. The molecule has 4 heterocycles. The number of amides is 2. The second kappa shape index (κ2) is 15.7. The molecular formula is C37H39F3N8O4. The summed E-state index contributed by atoms with van der Waals surface area (Å²) in [6.07, 6.45) is -3.26. The first kappa shape index (κ1) is 37.0. The van der Waals surface area contributed by atoms with Crippen LogP contribution in [0.2, 0.25) is 0 Å². The van der Waals surface area contributed by atoms with Crippen LogP contribution >= 0.6 is 0 Å². The predicted molar refractivity (Wildman–Crippen MR) is 189 cm³/mol. The quantitative estimate of drug-likeness (QED) is 0.119. The van der Waals surface area contributed by atoms with Gasteiger partial charge in [0.2, 0.25) is 0 Å². The summed E-state index contributed by atoms with van der Waals surface area (Å²) in [6, 6.07) is 24.6. The Hall–Kier alpha value is -6.25. The van der Waals surface area contributed by atoms with Crippen molar-refractivity contribution >= 4 is 11.8 Å². The molecule has 52 heavy (non-hydrogen) atoms. The molecule has 15 heteroatoms. The third-order valence-electron chi connectivity index (χ3n) is 8.05. The first-order chi connectivity index (χ1) is 24.8. The van der Waals surface area contributed by atoms with Crippen LogP contribution in [0.15, 0.2) is 91.3 Å². The second-order valence-corrected chi connectivity index (χ2v) is 11.8. The highest BCUT2D eigenvalue weighted by Crippen LogP contribution is 2.33. The lowest BCUT2D eigenvalue weighted by Gasteiger charge is -2.14. The number of hydrogen-bond acceptors (Lipinski definition) is 6. The molecule has 0 aliphatic carbocycles. The zero-order valence-electron chi connectivity index (χ0n) is 29.4. The summed E-state index contributed by atoms with van der Waals surface area (Å²) >= 11 is 0. The number of carbonyl (C=O) groups excluding carboxylic acids is 2. The fraction of sp³-hybridized carbons (Fsp3) is 0.243. The fourth-order valence-electron chi connectivity index (χ4n) is 5.37. The fourth-order valence-corrected chi connectivity index (χ4v) is 5.37. The number of carbonyl (C=O) groups is 2. The Bertz CT molecular complexity index is 2120. The maximum atomic E-state index is 12.7. The maximum absolute atomic E-state index is 12.7. The average molecular weight is 717 g/mol. The van der Waals surface area contributed by atoms with Gasteiger partial charge in [-0.25, -0.2) is 0 Å². The van der Waals surface area contributed by atoms with Gasteiger partial charge in [0.1, 0.15) is 23.6 Å². The van der Waals surface area contributed by atoms with Crippen molar-refractivity contribution in [3.8, 4) is 34.1 Å². The van der Waals surface area contributed by atoms with Gasteiger partial charge >= 0.3 is 6.30 Å². The van der Waals surface area contributed by atoms with Crippen molar-refractivity contribution < 1.29 is 32.2 Å². The van der Waals surface area contributed by atoms with E-state index in [1.807, 2.05) is 101 Å². The van der Waals surface area contributed by atoms with Gasteiger partial charge in [-0.3, -0.25) is 14.3 Å². The normalized spacial score (nSPS) is 12.3. The number of ether oxygens (including phenoxy) is 2. The second-order valence-electron chi connectivity index (χ2n) is 11.8.